The third-order valence-corrected chi connectivity index (χ3v) is 5.83. The first-order valence-electron chi connectivity index (χ1n) is 10.1. The standard InChI is InChI=1S/C23H25N3O4S/c1-5-8-30-15-7-6-12(9-16(15)29-4)17-18-13(10-23(2,3)11-14(18)27)24-20-19(17)21(28)26-22(31)25-20/h5-7,9,17H,1,8,10-11H2,2-4H3,(H3,24,25,26,28,31)/t17-/m1/s1. The van der Waals surface area contributed by atoms with Crippen LogP contribution in [-0.4, -0.2) is 29.5 Å². The number of aromatic amines is 2. The molecule has 1 aliphatic carbocycles. The lowest BCUT2D eigenvalue weighted by Gasteiger charge is -2.38. The van der Waals surface area contributed by atoms with Crippen molar-refractivity contribution in [2.75, 3.05) is 19.0 Å². The zero-order chi connectivity index (χ0) is 22.3. The molecule has 0 radical (unpaired) electrons. The molecule has 3 N–H and O–H groups in total. The number of Topliss-reactive ketones (excluding diaryl/α,β-unsaturated/α-hetero) is 1. The lowest BCUT2D eigenvalue weighted by atomic mass is 9.69. The second kappa shape index (κ2) is 7.85. The summed E-state index contributed by atoms with van der Waals surface area (Å²) in [6.45, 7) is 8.13. The maximum atomic E-state index is 13.3. The van der Waals surface area contributed by atoms with Gasteiger partial charge in [-0.25, -0.2) is 0 Å². The van der Waals surface area contributed by atoms with Crippen molar-refractivity contribution in [3.8, 4) is 11.5 Å². The van der Waals surface area contributed by atoms with Gasteiger partial charge in [0, 0.05) is 23.6 Å². The highest BCUT2D eigenvalue weighted by molar-refractivity contribution is 7.71. The summed E-state index contributed by atoms with van der Waals surface area (Å²) in [6, 6.07) is 5.46. The van der Waals surface area contributed by atoms with Gasteiger partial charge >= 0.3 is 0 Å². The Kier molecular flexibility index (Phi) is 5.35. The van der Waals surface area contributed by atoms with Gasteiger partial charge in [0.05, 0.1) is 12.7 Å². The smallest absolute Gasteiger partial charge is 0.257 e. The van der Waals surface area contributed by atoms with Gasteiger partial charge in [-0.05, 0) is 41.7 Å². The predicted molar refractivity (Wildman–Crippen MR) is 121 cm³/mol. The van der Waals surface area contributed by atoms with Crippen LogP contribution in [-0.2, 0) is 4.79 Å². The number of nitrogens with one attached hydrogen (secondary N) is 3. The second-order valence-electron chi connectivity index (χ2n) is 8.60. The van der Waals surface area contributed by atoms with Crippen LogP contribution < -0.4 is 20.3 Å². The summed E-state index contributed by atoms with van der Waals surface area (Å²) in [5.41, 5.74) is 2.13. The van der Waals surface area contributed by atoms with Crippen molar-refractivity contribution in [1.82, 2.24) is 9.97 Å². The van der Waals surface area contributed by atoms with Crippen LogP contribution in [0.15, 0.2) is 46.9 Å². The molecule has 1 aromatic heterocycles. The van der Waals surface area contributed by atoms with E-state index in [1.54, 1.807) is 19.3 Å². The van der Waals surface area contributed by atoms with Gasteiger partial charge in [-0.15, -0.1) is 0 Å². The highest BCUT2D eigenvalue weighted by atomic mass is 32.1. The van der Waals surface area contributed by atoms with Gasteiger partial charge in [0.2, 0.25) is 0 Å². The van der Waals surface area contributed by atoms with Crippen molar-refractivity contribution >= 4 is 23.8 Å². The van der Waals surface area contributed by atoms with Gasteiger partial charge in [-0.3, -0.25) is 14.6 Å². The van der Waals surface area contributed by atoms with E-state index in [4.69, 9.17) is 21.7 Å². The summed E-state index contributed by atoms with van der Waals surface area (Å²) in [5.74, 6) is 1.08. The minimum absolute atomic E-state index is 0.0298. The third-order valence-electron chi connectivity index (χ3n) is 5.63. The quantitative estimate of drug-likeness (QED) is 0.477. The van der Waals surface area contributed by atoms with Crippen LogP contribution in [0.2, 0.25) is 0 Å². The van der Waals surface area contributed by atoms with Gasteiger partial charge in [0.1, 0.15) is 12.4 Å². The number of hydrogen-bond donors (Lipinski definition) is 3. The Morgan fingerprint density at radius 1 is 1.23 bits per heavy atom. The van der Waals surface area contributed by atoms with E-state index in [0.717, 1.165) is 11.3 Å². The number of H-pyrrole nitrogens is 2. The monoisotopic (exact) mass is 439 g/mol. The molecular formula is C23H25N3O4S. The SMILES string of the molecule is C=CCOc1ccc([C@@H]2C3=C(CC(C)(C)CC3=O)Nc3[nH]c(=S)[nH]c(=O)c32)cc1OC. The average Bonchev–Trinajstić information content (AvgIpc) is 2.69. The van der Waals surface area contributed by atoms with Crippen molar-refractivity contribution in [1.29, 1.82) is 0 Å². The summed E-state index contributed by atoms with van der Waals surface area (Å²) >= 11 is 5.17. The van der Waals surface area contributed by atoms with E-state index in [-0.39, 0.29) is 21.5 Å². The Bertz CT molecular complexity index is 1220. The molecule has 162 valence electrons. The van der Waals surface area contributed by atoms with Gasteiger partial charge in [-0.1, -0.05) is 32.6 Å². The maximum Gasteiger partial charge on any atom is 0.257 e. The largest absolute Gasteiger partial charge is 0.493 e. The Labute approximate surface area is 185 Å². The number of allylic oxidation sites excluding steroid dienone is 2. The number of rotatable bonds is 5. The summed E-state index contributed by atoms with van der Waals surface area (Å²) < 4.78 is 11.4. The molecule has 0 bridgehead atoms. The fourth-order valence-corrected chi connectivity index (χ4v) is 4.61. The number of ketones is 1. The van der Waals surface area contributed by atoms with Gasteiger partial charge in [0.15, 0.2) is 22.1 Å². The minimum atomic E-state index is -0.548. The molecule has 0 spiro atoms. The molecule has 0 unspecified atom stereocenters. The molecule has 2 heterocycles. The number of ether oxygens (including phenoxy) is 2. The highest BCUT2D eigenvalue weighted by Crippen LogP contribution is 2.48. The number of benzene rings is 1. The zero-order valence-electron chi connectivity index (χ0n) is 17.8. The fourth-order valence-electron chi connectivity index (χ4n) is 4.41. The van der Waals surface area contributed by atoms with E-state index < -0.39 is 5.92 Å². The average molecular weight is 440 g/mol. The summed E-state index contributed by atoms with van der Waals surface area (Å²) in [6.07, 6.45) is 2.75. The molecule has 0 fully saturated rings. The Morgan fingerprint density at radius 3 is 2.71 bits per heavy atom. The van der Waals surface area contributed by atoms with E-state index >= 15 is 0 Å². The summed E-state index contributed by atoms with van der Waals surface area (Å²) in [4.78, 5) is 31.9. The normalized spacial score (nSPS) is 19.2. The van der Waals surface area contributed by atoms with Crippen LogP contribution in [0.5, 0.6) is 11.5 Å². The van der Waals surface area contributed by atoms with Crippen LogP contribution in [0.3, 0.4) is 0 Å². The summed E-state index contributed by atoms with van der Waals surface area (Å²) in [7, 11) is 1.55. The molecule has 0 saturated carbocycles. The van der Waals surface area contributed by atoms with Crippen molar-refractivity contribution in [2.24, 2.45) is 5.41 Å². The van der Waals surface area contributed by atoms with E-state index in [9.17, 15) is 9.59 Å². The number of methoxy groups -OCH3 is 1. The lowest BCUT2D eigenvalue weighted by molar-refractivity contribution is -0.118. The molecule has 1 aliphatic heterocycles. The van der Waals surface area contributed by atoms with E-state index in [0.29, 0.717) is 47.9 Å². The van der Waals surface area contributed by atoms with Crippen LogP contribution in [0.25, 0.3) is 0 Å². The number of carbonyl (C=O) groups excluding carboxylic acids is 1. The Balaban J connectivity index is 1.93. The first kappa shape index (κ1) is 21.1. The molecule has 0 amide bonds. The minimum Gasteiger partial charge on any atom is -0.493 e. The van der Waals surface area contributed by atoms with Crippen LogP contribution in [0.1, 0.15) is 43.7 Å². The number of fused-ring (bicyclic) bond motifs is 1. The molecule has 31 heavy (non-hydrogen) atoms. The lowest BCUT2D eigenvalue weighted by Crippen LogP contribution is -2.36. The molecule has 1 atom stereocenters. The van der Waals surface area contributed by atoms with Crippen LogP contribution in [0, 0.1) is 10.2 Å². The summed E-state index contributed by atoms with van der Waals surface area (Å²) in [5, 5.41) is 3.28. The van der Waals surface area contributed by atoms with Gasteiger partial charge in [0.25, 0.3) is 5.56 Å². The molecule has 8 heteroatoms. The van der Waals surface area contributed by atoms with Crippen LogP contribution >= 0.6 is 12.2 Å². The number of hydrogen-bond acceptors (Lipinski definition) is 6. The first-order valence-corrected chi connectivity index (χ1v) is 10.5. The predicted octanol–water partition coefficient (Wildman–Crippen LogP) is 4.21. The van der Waals surface area contributed by atoms with Crippen molar-refractivity contribution in [2.45, 2.75) is 32.6 Å². The number of anilines is 1. The van der Waals surface area contributed by atoms with Crippen LogP contribution in [0.4, 0.5) is 5.82 Å². The molecular weight excluding hydrogens is 414 g/mol. The zero-order valence-corrected chi connectivity index (χ0v) is 18.6. The maximum absolute atomic E-state index is 13.3. The van der Waals surface area contributed by atoms with E-state index in [2.05, 4.69) is 35.7 Å². The Morgan fingerprint density at radius 2 is 2.00 bits per heavy atom. The van der Waals surface area contributed by atoms with E-state index in [1.165, 1.54) is 0 Å². The third kappa shape index (κ3) is 3.83. The molecule has 2 aliphatic rings. The Hall–Kier alpha value is -3.13. The van der Waals surface area contributed by atoms with Crippen molar-refractivity contribution < 1.29 is 14.3 Å². The topological polar surface area (TPSA) is 96.2 Å². The molecule has 0 saturated heterocycles. The second-order valence-corrected chi connectivity index (χ2v) is 9.01. The highest BCUT2D eigenvalue weighted by Gasteiger charge is 2.42. The molecule has 2 aromatic rings. The molecule has 7 nitrogen and oxygen atoms in total. The number of carbonyl (C=O) groups is 1. The van der Waals surface area contributed by atoms with Gasteiger partial charge < -0.3 is 19.8 Å². The number of aromatic nitrogens is 2. The molecule has 4 rings (SSSR count). The fraction of sp³-hybridized carbons (Fsp3) is 0.348. The van der Waals surface area contributed by atoms with Gasteiger partial charge in [-0.2, -0.15) is 0 Å². The molecule has 1 aromatic carbocycles. The van der Waals surface area contributed by atoms with Crippen molar-refractivity contribution in [3.05, 3.63) is 68.4 Å². The first-order chi connectivity index (χ1) is 14.7. The van der Waals surface area contributed by atoms with E-state index in [1.807, 2.05) is 12.1 Å². The van der Waals surface area contributed by atoms with Crippen molar-refractivity contribution in [3.63, 3.8) is 0 Å².